The number of piperazine rings is 1. The van der Waals surface area contributed by atoms with Crippen LogP contribution in [0.25, 0.3) is 0 Å². The number of likely N-dealkylation sites (N-methyl/N-ethyl adjacent to an activating group) is 1. The molecule has 1 heterocycles. The fourth-order valence-corrected chi connectivity index (χ4v) is 3.03. The highest BCUT2D eigenvalue weighted by molar-refractivity contribution is 7.55. The minimum Gasteiger partial charge on any atom is -0.318 e. The van der Waals surface area contributed by atoms with E-state index in [9.17, 15) is 4.57 Å². The number of hydrogen-bond acceptors (Lipinski definition) is 3. The van der Waals surface area contributed by atoms with Gasteiger partial charge in [-0.1, -0.05) is 27.7 Å². The van der Waals surface area contributed by atoms with E-state index >= 15 is 0 Å². The maximum atomic E-state index is 12.0. The molecule has 17 heavy (non-hydrogen) atoms. The summed E-state index contributed by atoms with van der Waals surface area (Å²) in [6.07, 6.45) is 0. The van der Waals surface area contributed by atoms with Gasteiger partial charge < -0.3 is 9.42 Å². The van der Waals surface area contributed by atoms with Crippen LogP contribution in [0.15, 0.2) is 0 Å². The lowest BCUT2D eigenvalue weighted by molar-refractivity contribution is 0.194. The smallest absolute Gasteiger partial charge is 0.269 e. The molecule has 1 rings (SSSR count). The molecule has 0 spiro atoms. The molecule has 4 nitrogen and oxygen atoms in total. The van der Waals surface area contributed by atoms with Gasteiger partial charge in [-0.25, -0.2) is 4.67 Å². The van der Waals surface area contributed by atoms with Crippen molar-refractivity contribution in [2.75, 3.05) is 46.5 Å². The summed E-state index contributed by atoms with van der Waals surface area (Å²) in [7, 11) is -0.406. The van der Waals surface area contributed by atoms with Crippen molar-refractivity contribution in [3.8, 4) is 0 Å². The van der Waals surface area contributed by atoms with Gasteiger partial charge in [0.1, 0.15) is 0 Å². The average Bonchev–Trinajstić information content (AvgIpc) is 2.35. The van der Waals surface area contributed by atoms with E-state index in [2.05, 4.69) is 11.9 Å². The van der Waals surface area contributed by atoms with Crippen molar-refractivity contribution in [2.24, 2.45) is 0 Å². The molecule has 106 valence electrons. The monoisotopic (exact) mass is 266 g/mol. The van der Waals surface area contributed by atoms with Crippen molar-refractivity contribution in [2.45, 2.75) is 34.6 Å². The summed E-state index contributed by atoms with van der Waals surface area (Å²) in [5, 5.41) is 0. The van der Waals surface area contributed by atoms with Crippen LogP contribution in [0, 0.1) is 0 Å². The van der Waals surface area contributed by atoms with Crippen LogP contribution in [-0.2, 0) is 9.09 Å². The first-order valence-electron chi connectivity index (χ1n) is 6.72. The molecule has 0 saturated carbocycles. The molecule has 0 aromatic carbocycles. The van der Waals surface area contributed by atoms with E-state index in [-0.39, 0.29) is 0 Å². The first kappa shape index (κ1) is 19.4. The lowest BCUT2D eigenvalue weighted by Gasteiger charge is -2.35. The van der Waals surface area contributed by atoms with Gasteiger partial charge in [0.15, 0.2) is 0 Å². The van der Waals surface area contributed by atoms with Gasteiger partial charge in [-0.05, 0) is 14.0 Å². The highest BCUT2D eigenvalue weighted by atomic mass is 31.2. The molecule has 1 aliphatic rings. The number of hydrogen-bond donors (Lipinski definition) is 0. The molecule has 5 heteroatoms. The maximum Gasteiger partial charge on any atom is 0.269 e. The van der Waals surface area contributed by atoms with Crippen LogP contribution in [0.2, 0.25) is 0 Å². The molecule has 1 aliphatic heterocycles. The zero-order valence-corrected chi connectivity index (χ0v) is 13.6. The second kappa shape index (κ2) is 11.2. The SMILES string of the molecule is CC.CC.CCOP(C)(=O)N1CCN(C)CC1. The van der Waals surface area contributed by atoms with Crippen molar-refractivity contribution < 1.29 is 9.09 Å². The summed E-state index contributed by atoms with van der Waals surface area (Å²) in [4.78, 5) is 2.24. The highest BCUT2D eigenvalue weighted by Crippen LogP contribution is 2.46. The Hall–Kier alpha value is 0.110. The zero-order chi connectivity index (χ0) is 13.9. The van der Waals surface area contributed by atoms with Crippen molar-refractivity contribution in [3.05, 3.63) is 0 Å². The minimum atomic E-state index is -2.49. The molecule has 0 bridgehead atoms. The van der Waals surface area contributed by atoms with Gasteiger partial charge in [0.2, 0.25) is 0 Å². The van der Waals surface area contributed by atoms with Gasteiger partial charge in [0.25, 0.3) is 7.52 Å². The van der Waals surface area contributed by atoms with E-state index in [1.165, 1.54) is 0 Å². The van der Waals surface area contributed by atoms with Crippen molar-refractivity contribution >= 4 is 7.52 Å². The molecule has 0 aromatic rings. The maximum absolute atomic E-state index is 12.0. The molecule has 1 atom stereocenters. The van der Waals surface area contributed by atoms with Gasteiger partial charge in [0.05, 0.1) is 6.61 Å². The topological polar surface area (TPSA) is 32.8 Å². The van der Waals surface area contributed by atoms with Crippen LogP contribution in [0.3, 0.4) is 0 Å². The average molecular weight is 266 g/mol. The molecule has 1 saturated heterocycles. The Morgan fingerprint density at radius 1 is 1.06 bits per heavy atom. The predicted molar refractivity (Wildman–Crippen MR) is 76.9 cm³/mol. The summed E-state index contributed by atoms with van der Waals surface area (Å²) >= 11 is 0. The summed E-state index contributed by atoms with van der Waals surface area (Å²) in [5.74, 6) is 0. The van der Waals surface area contributed by atoms with Gasteiger partial charge >= 0.3 is 0 Å². The Labute approximate surface area is 108 Å². The molecule has 1 unspecified atom stereocenters. The standard InChI is InChI=1S/C8H19N2O2P.2C2H6/c1-4-12-13(3,11)10-7-5-9(2)6-8-10;2*1-2/h4-8H2,1-3H3;2*1-2H3. The number of rotatable bonds is 3. The third-order valence-electron chi connectivity index (χ3n) is 2.36. The van der Waals surface area contributed by atoms with Crippen LogP contribution in [-0.4, -0.2) is 56.1 Å². The molecule has 0 N–H and O–H groups in total. The second-order valence-electron chi connectivity index (χ2n) is 3.48. The van der Waals surface area contributed by atoms with E-state index in [1.54, 1.807) is 6.66 Å². The largest absolute Gasteiger partial charge is 0.318 e. The quantitative estimate of drug-likeness (QED) is 0.735. The van der Waals surface area contributed by atoms with E-state index in [0.717, 1.165) is 26.2 Å². The summed E-state index contributed by atoms with van der Waals surface area (Å²) < 4.78 is 19.2. The summed E-state index contributed by atoms with van der Waals surface area (Å²) in [6, 6.07) is 0. The Kier molecular flexibility index (Phi) is 12.8. The third-order valence-corrected chi connectivity index (χ3v) is 4.53. The Bertz CT molecular complexity index is 205. The molecule has 0 aliphatic carbocycles. The fraction of sp³-hybridized carbons (Fsp3) is 1.00. The first-order valence-corrected chi connectivity index (χ1v) is 8.74. The Morgan fingerprint density at radius 2 is 1.47 bits per heavy atom. The lowest BCUT2D eigenvalue weighted by atomic mass is 10.4. The van der Waals surface area contributed by atoms with Crippen LogP contribution in [0.4, 0.5) is 0 Å². The molecule has 1 fully saturated rings. The highest BCUT2D eigenvalue weighted by Gasteiger charge is 2.28. The molecular formula is C12H31N2O2P. The zero-order valence-electron chi connectivity index (χ0n) is 12.7. The van der Waals surface area contributed by atoms with Crippen LogP contribution in [0.1, 0.15) is 34.6 Å². The van der Waals surface area contributed by atoms with Crippen LogP contribution < -0.4 is 0 Å². The third kappa shape index (κ3) is 7.93. The second-order valence-corrected chi connectivity index (χ2v) is 5.91. The first-order chi connectivity index (χ1) is 8.06. The van der Waals surface area contributed by atoms with Crippen LogP contribution in [0.5, 0.6) is 0 Å². The Morgan fingerprint density at radius 3 is 1.82 bits per heavy atom. The summed E-state index contributed by atoms with van der Waals surface area (Å²) in [5.41, 5.74) is 0. The fourth-order valence-electron chi connectivity index (χ4n) is 1.48. The van der Waals surface area contributed by atoms with E-state index in [4.69, 9.17) is 4.52 Å². The van der Waals surface area contributed by atoms with Gasteiger partial charge in [0, 0.05) is 32.8 Å². The van der Waals surface area contributed by atoms with Crippen molar-refractivity contribution in [1.29, 1.82) is 0 Å². The van der Waals surface area contributed by atoms with E-state index in [1.807, 2.05) is 39.3 Å². The molecule has 0 amide bonds. The van der Waals surface area contributed by atoms with Crippen molar-refractivity contribution in [3.63, 3.8) is 0 Å². The predicted octanol–water partition coefficient (Wildman–Crippen LogP) is 3.15. The van der Waals surface area contributed by atoms with Gasteiger partial charge in [-0.3, -0.25) is 4.57 Å². The minimum absolute atomic E-state index is 0.528. The number of nitrogens with zero attached hydrogens (tertiary/aromatic N) is 2. The van der Waals surface area contributed by atoms with Crippen LogP contribution >= 0.6 is 7.52 Å². The Balaban J connectivity index is 0. The van der Waals surface area contributed by atoms with Gasteiger partial charge in [-0.15, -0.1) is 0 Å². The molecule has 0 radical (unpaired) electrons. The van der Waals surface area contributed by atoms with Crippen molar-refractivity contribution in [1.82, 2.24) is 9.57 Å². The van der Waals surface area contributed by atoms with E-state index < -0.39 is 7.52 Å². The summed E-state index contributed by atoms with van der Waals surface area (Å²) in [6.45, 7) is 15.8. The van der Waals surface area contributed by atoms with Gasteiger partial charge in [-0.2, -0.15) is 0 Å². The molecule has 0 aromatic heterocycles. The molecular weight excluding hydrogens is 235 g/mol. The normalized spacial score (nSPS) is 20.4. The lowest BCUT2D eigenvalue weighted by Crippen LogP contribution is -2.42. The van der Waals surface area contributed by atoms with E-state index in [0.29, 0.717) is 6.61 Å².